The smallest absolute Gasteiger partial charge is 0.246 e. The summed E-state index contributed by atoms with van der Waals surface area (Å²) in [5.41, 5.74) is 14.1. The number of imide groups is 1. The highest BCUT2D eigenvalue weighted by atomic mass is 28.4. The minimum absolute atomic E-state index is 0.00579. The number of hydrogen-bond acceptors (Lipinski definition) is 6. The number of pyridine rings is 1. The van der Waals surface area contributed by atoms with Crippen molar-refractivity contribution in [2.45, 2.75) is 143 Å². The maximum Gasteiger partial charge on any atom is 0.246 e. The van der Waals surface area contributed by atoms with Crippen molar-refractivity contribution < 1.29 is 14.0 Å². The number of rotatable bonds is 14. The Bertz CT molecular complexity index is 944. The van der Waals surface area contributed by atoms with Crippen LogP contribution in [0.5, 0.6) is 0 Å². The summed E-state index contributed by atoms with van der Waals surface area (Å²) in [5, 5.41) is 0.0111. The number of carbonyl (C=O) groups is 2. The lowest BCUT2D eigenvalue weighted by molar-refractivity contribution is -0.151. The largest absolute Gasteiger partial charge is 0.412 e. The molecule has 8 heteroatoms. The predicted octanol–water partition coefficient (Wildman–Crippen LogP) is 6.66. The summed E-state index contributed by atoms with van der Waals surface area (Å²) < 4.78 is 7.02. The summed E-state index contributed by atoms with van der Waals surface area (Å²) in [6.07, 6.45) is 9.84. The Kier molecular flexibility index (Phi) is 13.7. The number of nitrogens with two attached hydrogens (primary N) is 2. The zero-order chi connectivity index (χ0) is 31.0. The van der Waals surface area contributed by atoms with Crippen LogP contribution < -0.4 is 11.5 Å². The lowest BCUT2D eigenvalue weighted by atomic mass is 9.81. The summed E-state index contributed by atoms with van der Waals surface area (Å²) in [5.74, 6) is -0.421. The average molecular weight is 589 g/mol. The molecule has 1 saturated carbocycles. The van der Waals surface area contributed by atoms with Crippen LogP contribution in [0.25, 0.3) is 0 Å². The zero-order valence-corrected chi connectivity index (χ0v) is 28.5. The first-order valence-electron chi connectivity index (χ1n) is 16.0. The normalized spacial score (nSPS) is 18.9. The van der Waals surface area contributed by atoms with Crippen molar-refractivity contribution in [2.24, 2.45) is 35.1 Å². The van der Waals surface area contributed by atoms with Gasteiger partial charge < -0.3 is 15.9 Å². The predicted molar refractivity (Wildman–Crippen MR) is 171 cm³/mol. The van der Waals surface area contributed by atoms with Crippen molar-refractivity contribution in [3.63, 3.8) is 0 Å². The molecule has 5 atom stereocenters. The number of hydrogen-bond donors (Lipinski definition) is 2. The molecule has 0 aliphatic heterocycles. The molecule has 1 aliphatic rings. The summed E-state index contributed by atoms with van der Waals surface area (Å²) in [7, 11) is -2.18. The molecule has 0 spiro atoms. The van der Waals surface area contributed by atoms with E-state index in [1.165, 1.54) is 37.0 Å². The van der Waals surface area contributed by atoms with Gasteiger partial charge in [-0.2, -0.15) is 0 Å². The van der Waals surface area contributed by atoms with Crippen LogP contribution in [0.1, 0.15) is 106 Å². The van der Waals surface area contributed by atoms with Crippen molar-refractivity contribution in [3.05, 3.63) is 30.1 Å². The first-order chi connectivity index (χ1) is 19.1. The Labute approximate surface area is 251 Å². The van der Waals surface area contributed by atoms with Crippen LogP contribution >= 0.6 is 0 Å². The number of nitrogens with zero attached hydrogens (tertiary/aromatic N) is 2. The highest BCUT2D eigenvalue weighted by molar-refractivity contribution is 6.74. The highest BCUT2D eigenvalue weighted by Crippen LogP contribution is 2.40. The molecule has 1 fully saturated rings. The standard InChI is InChI=1S/C33H60N4O3Si/c1-10-24(4)30(35)32(39)37(22-26-18-14-15-19-36-26)31(38)27(23(2)3)21-29(40-41(8,9)33(5,6)7)28(34)20-25-16-12-11-13-17-25/h14-15,18-19,23-25,27-30H,10-13,16-17,20-22,34-35H2,1-9H3/t24?,27-,28-,29-,30-/m0/s1. The molecular formula is C33H60N4O3Si. The molecule has 4 N–H and O–H groups in total. The Morgan fingerprint density at radius 1 is 1.07 bits per heavy atom. The third kappa shape index (κ3) is 10.3. The Balaban J connectivity index is 2.42. The molecule has 0 bridgehead atoms. The fourth-order valence-electron chi connectivity index (χ4n) is 5.53. The van der Waals surface area contributed by atoms with E-state index in [0.717, 1.165) is 12.8 Å². The molecule has 2 amide bonds. The van der Waals surface area contributed by atoms with Crippen molar-refractivity contribution in [1.29, 1.82) is 0 Å². The second kappa shape index (κ2) is 15.7. The molecule has 0 saturated heterocycles. The summed E-state index contributed by atoms with van der Waals surface area (Å²) in [6, 6.07) is 4.63. The molecule has 41 heavy (non-hydrogen) atoms. The summed E-state index contributed by atoms with van der Waals surface area (Å²) in [6.45, 7) is 19.4. The van der Waals surface area contributed by atoms with E-state index in [2.05, 4.69) is 52.7 Å². The van der Waals surface area contributed by atoms with Crippen LogP contribution in [-0.2, 0) is 20.6 Å². The van der Waals surface area contributed by atoms with Gasteiger partial charge in [0.15, 0.2) is 8.32 Å². The van der Waals surface area contributed by atoms with E-state index in [-0.39, 0.29) is 47.4 Å². The van der Waals surface area contributed by atoms with Gasteiger partial charge in [0.1, 0.15) is 0 Å². The zero-order valence-electron chi connectivity index (χ0n) is 27.5. The Morgan fingerprint density at radius 3 is 2.22 bits per heavy atom. The van der Waals surface area contributed by atoms with Gasteiger partial charge in [0.05, 0.1) is 24.4 Å². The third-order valence-corrected chi connectivity index (χ3v) is 14.3. The third-order valence-electron chi connectivity index (χ3n) is 9.79. The van der Waals surface area contributed by atoms with Crippen LogP contribution in [0, 0.1) is 23.7 Å². The fraction of sp³-hybridized carbons (Fsp3) is 0.788. The Hall–Kier alpha value is -1.61. The van der Waals surface area contributed by atoms with Gasteiger partial charge in [-0.05, 0) is 60.9 Å². The van der Waals surface area contributed by atoms with E-state index in [1.54, 1.807) is 6.20 Å². The molecule has 1 unspecified atom stereocenters. The van der Waals surface area contributed by atoms with E-state index in [9.17, 15) is 9.59 Å². The topological polar surface area (TPSA) is 112 Å². The van der Waals surface area contributed by atoms with Gasteiger partial charge in [0, 0.05) is 18.2 Å². The van der Waals surface area contributed by atoms with Crippen molar-refractivity contribution in [3.8, 4) is 0 Å². The molecule has 7 nitrogen and oxygen atoms in total. The highest BCUT2D eigenvalue weighted by Gasteiger charge is 2.43. The molecule has 1 aromatic rings. The number of carbonyl (C=O) groups excluding carboxylic acids is 2. The molecule has 0 aromatic carbocycles. The lowest BCUT2D eigenvalue weighted by Crippen LogP contribution is -2.54. The van der Waals surface area contributed by atoms with Crippen LogP contribution in [0.4, 0.5) is 0 Å². The van der Waals surface area contributed by atoms with Gasteiger partial charge in [-0.25, -0.2) is 0 Å². The summed E-state index contributed by atoms with van der Waals surface area (Å²) >= 11 is 0. The quantitative estimate of drug-likeness (QED) is 0.235. The van der Waals surface area contributed by atoms with Crippen molar-refractivity contribution in [1.82, 2.24) is 9.88 Å². The maximum atomic E-state index is 14.4. The van der Waals surface area contributed by atoms with Crippen LogP contribution in [0.2, 0.25) is 18.1 Å². The monoisotopic (exact) mass is 588 g/mol. The van der Waals surface area contributed by atoms with Crippen LogP contribution in [0.15, 0.2) is 24.4 Å². The van der Waals surface area contributed by atoms with E-state index >= 15 is 0 Å². The second-order valence-corrected chi connectivity index (χ2v) is 19.2. The molecular weight excluding hydrogens is 528 g/mol. The molecule has 2 rings (SSSR count). The van der Waals surface area contributed by atoms with Gasteiger partial charge in [0.2, 0.25) is 11.8 Å². The van der Waals surface area contributed by atoms with E-state index in [0.29, 0.717) is 18.0 Å². The number of amides is 2. The van der Waals surface area contributed by atoms with E-state index in [1.807, 2.05) is 32.0 Å². The van der Waals surface area contributed by atoms with Gasteiger partial charge >= 0.3 is 0 Å². The first kappa shape index (κ1) is 35.6. The molecule has 1 heterocycles. The van der Waals surface area contributed by atoms with Gasteiger partial charge in [0.25, 0.3) is 0 Å². The van der Waals surface area contributed by atoms with Crippen LogP contribution in [0.3, 0.4) is 0 Å². The SMILES string of the molecule is CCC(C)[C@H](N)C(=O)N(Cc1ccccn1)C(=O)[C@@H](C[C@H](O[Si](C)(C)C(C)(C)C)[C@@H](N)CC1CCCCC1)C(C)C. The van der Waals surface area contributed by atoms with Gasteiger partial charge in [-0.1, -0.05) is 93.1 Å². The maximum absolute atomic E-state index is 14.4. The molecule has 0 radical (unpaired) electrons. The second-order valence-electron chi connectivity index (χ2n) is 14.4. The van der Waals surface area contributed by atoms with Crippen LogP contribution in [-0.4, -0.2) is 48.2 Å². The number of aromatic nitrogens is 1. The van der Waals surface area contributed by atoms with E-state index in [4.69, 9.17) is 15.9 Å². The Morgan fingerprint density at radius 2 is 1.71 bits per heavy atom. The summed E-state index contributed by atoms with van der Waals surface area (Å²) in [4.78, 5) is 33.9. The van der Waals surface area contributed by atoms with Crippen molar-refractivity contribution >= 4 is 20.1 Å². The minimum atomic E-state index is -2.18. The van der Waals surface area contributed by atoms with E-state index < -0.39 is 20.3 Å². The fourth-order valence-corrected chi connectivity index (χ4v) is 6.91. The lowest BCUT2D eigenvalue weighted by Gasteiger charge is -2.43. The minimum Gasteiger partial charge on any atom is -0.412 e. The van der Waals surface area contributed by atoms with Gasteiger partial charge in [-0.3, -0.25) is 19.5 Å². The molecule has 1 aliphatic carbocycles. The first-order valence-corrected chi connectivity index (χ1v) is 18.9. The van der Waals surface area contributed by atoms with Crippen molar-refractivity contribution in [2.75, 3.05) is 0 Å². The molecule has 234 valence electrons. The van der Waals surface area contributed by atoms with Gasteiger partial charge in [-0.15, -0.1) is 0 Å². The molecule has 1 aromatic heterocycles. The average Bonchev–Trinajstić information content (AvgIpc) is 2.92.